The van der Waals surface area contributed by atoms with Crippen molar-refractivity contribution in [1.82, 2.24) is 0 Å². The zero-order chi connectivity index (χ0) is 9.72. The Balaban J connectivity index is 4.64. The minimum atomic E-state index is 0.0793. The third-order valence-corrected chi connectivity index (χ3v) is 1.51. The van der Waals surface area contributed by atoms with Crippen molar-refractivity contribution < 1.29 is 0 Å². The first-order valence-corrected chi connectivity index (χ1v) is 4.08. The lowest BCUT2D eigenvalue weighted by atomic mass is 10.1. The predicted octanol–water partition coefficient (Wildman–Crippen LogP) is 1.05. The van der Waals surface area contributed by atoms with Crippen molar-refractivity contribution in [2.45, 2.75) is 20.3 Å². The molecule has 12 heavy (non-hydrogen) atoms. The number of thiocarbonyl (C=S) groups is 1. The molecule has 0 unspecified atom stereocenters. The molecule has 0 aromatic rings. The first kappa shape index (κ1) is 10.9. The van der Waals surface area contributed by atoms with Crippen molar-refractivity contribution in [2.75, 3.05) is 0 Å². The molecule has 66 valence electrons. The molecule has 0 aliphatic heterocycles. The van der Waals surface area contributed by atoms with Crippen LogP contribution in [0.15, 0.2) is 11.3 Å². The third-order valence-electron chi connectivity index (χ3n) is 1.31. The number of hydrogen-bond donors (Lipinski definition) is 2. The zero-order valence-electron chi connectivity index (χ0n) is 7.29. The van der Waals surface area contributed by atoms with Gasteiger partial charge in [0.1, 0.15) is 16.6 Å². The number of rotatable bonds is 3. The molecule has 0 saturated carbocycles. The van der Waals surface area contributed by atoms with Crippen LogP contribution in [0.3, 0.4) is 0 Å². The molecule has 0 fully saturated rings. The van der Waals surface area contributed by atoms with E-state index in [1.54, 1.807) is 0 Å². The highest BCUT2D eigenvalue weighted by atomic mass is 32.1. The van der Waals surface area contributed by atoms with Crippen LogP contribution < -0.4 is 11.5 Å². The smallest absolute Gasteiger partial charge is 0.116 e. The fourth-order valence-corrected chi connectivity index (χ4v) is 1.00. The second-order valence-electron chi connectivity index (χ2n) is 2.97. The van der Waals surface area contributed by atoms with E-state index in [9.17, 15) is 0 Å². The topological polar surface area (TPSA) is 75.8 Å². The summed E-state index contributed by atoms with van der Waals surface area (Å²) in [6.07, 6.45) is 0.653. The molecular weight excluding hydrogens is 170 g/mol. The zero-order valence-corrected chi connectivity index (χ0v) is 8.11. The van der Waals surface area contributed by atoms with Gasteiger partial charge >= 0.3 is 0 Å². The van der Waals surface area contributed by atoms with Gasteiger partial charge in [0.25, 0.3) is 0 Å². The van der Waals surface area contributed by atoms with Crippen molar-refractivity contribution in [3.63, 3.8) is 0 Å². The van der Waals surface area contributed by atoms with Crippen LogP contribution in [-0.2, 0) is 0 Å². The van der Waals surface area contributed by atoms with Gasteiger partial charge in [-0.1, -0.05) is 26.1 Å². The number of allylic oxidation sites excluding steroid dienone is 1. The van der Waals surface area contributed by atoms with Crippen molar-refractivity contribution in [3.05, 3.63) is 11.3 Å². The van der Waals surface area contributed by atoms with Gasteiger partial charge in [0.15, 0.2) is 0 Å². The molecule has 0 saturated heterocycles. The fourth-order valence-electron chi connectivity index (χ4n) is 0.827. The molecule has 0 amide bonds. The van der Waals surface area contributed by atoms with E-state index in [0.29, 0.717) is 18.0 Å². The molecule has 0 bridgehead atoms. The number of nitriles is 1. The van der Waals surface area contributed by atoms with Gasteiger partial charge in [-0.15, -0.1) is 0 Å². The molecule has 0 spiro atoms. The molecule has 4 N–H and O–H groups in total. The fraction of sp³-hybridized carbons (Fsp3) is 0.500. The van der Waals surface area contributed by atoms with Gasteiger partial charge in [-0.2, -0.15) is 5.26 Å². The Kier molecular flexibility index (Phi) is 4.30. The van der Waals surface area contributed by atoms with Gasteiger partial charge in [-0.3, -0.25) is 0 Å². The monoisotopic (exact) mass is 183 g/mol. The van der Waals surface area contributed by atoms with Crippen LogP contribution in [0.5, 0.6) is 0 Å². The molecule has 4 heteroatoms. The highest BCUT2D eigenvalue weighted by Gasteiger charge is 2.07. The Morgan fingerprint density at radius 2 is 2.00 bits per heavy atom. The van der Waals surface area contributed by atoms with E-state index in [1.807, 2.05) is 19.9 Å². The second kappa shape index (κ2) is 4.73. The summed E-state index contributed by atoms with van der Waals surface area (Å²) in [5.74, 6) is 0.405. The van der Waals surface area contributed by atoms with Crippen LogP contribution in [0.2, 0.25) is 0 Å². The summed E-state index contributed by atoms with van der Waals surface area (Å²) < 4.78 is 0. The average Bonchev–Trinajstić information content (AvgIpc) is 1.85. The standard InChI is InChI=1S/C8H13N3S/c1-5(2)3-7(10)6(4-9)8(11)12/h5H,3,10H2,1-2H3,(H2,11,12)/b7-6-. The average molecular weight is 183 g/mol. The normalized spacial score (nSPS) is 12.2. The summed E-state index contributed by atoms with van der Waals surface area (Å²) in [5, 5.41) is 8.62. The SMILES string of the molecule is CC(C)C/C(N)=C(\C#N)C(N)=S. The molecular formula is C8H13N3S. The maximum atomic E-state index is 8.62. The van der Waals surface area contributed by atoms with Gasteiger partial charge in [-0.25, -0.2) is 0 Å². The van der Waals surface area contributed by atoms with Crippen LogP contribution in [-0.4, -0.2) is 4.99 Å². The number of nitrogens with zero attached hydrogens (tertiary/aromatic N) is 1. The predicted molar refractivity (Wildman–Crippen MR) is 53.1 cm³/mol. The summed E-state index contributed by atoms with van der Waals surface area (Å²) in [5.41, 5.74) is 11.6. The summed E-state index contributed by atoms with van der Waals surface area (Å²) in [7, 11) is 0. The summed E-state index contributed by atoms with van der Waals surface area (Å²) in [6, 6.07) is 1.90. The minimum absolute atomic E-state index is 0.0793. The van der Waals surface area contributed by atoms with Crippen molar-refractivity contribution in [2.24, 2.45) is 17.4 Å². The largest absolute Gasteiger partial charge is 0.401 e. The van der Waals surface area contributed by atoms with E-state index < -0.39 is 0 Å². The Morgan fingerprint density at radius 3 is 2.25 bits per heavy atom. The van der Waals surface area contributed by atoms with Crippen LogP contribution in [0.25, 0.3) is 0 Å². The van der Waals surface area contributed by atoms with Crippen LogP contribution in [0.1, 0.15) is 20.3 Å². The summed E-state index contributed by atoms with van der Waals surface area (Å²) in [4.78, 5) is 0.0793. The molecule has 3 nitrogen and oxygen atoms in total. The van der Waals surface area contributed by atoms with Gasteiger partial charge < -0.3 is 11.5 Å². The van der Waals surface area contributed by atoms with Crippen molar-refractivity contribution >= 4 is 17.2 Å². The minimum Gasteiger partial charge on any atom is -0.401 e. The van der Waals surface area contributed by atoms with Gasteiger partial charge in [0.05, 0.1) is 0 Å². The molecule has 0 aromatic carbocycles. The Labute approximate surface area is 78.0 Å². The molecule has 0 atom stereocenters. The highest BCUT2D eigenvalue weighted by molar-refractivity contribution is 7.80. The molecule has 0 radical (unpaired) electrons. The third kappa shape index (κ3) is 3.35. The second-order valence-corrected chi connectivity index (χ2v) is 3.41. The van der Waals surface area contributed by atoms with E-state index in [1.165, 1.54) is 0 Å². The Hall–Kier alpha value is -1.08. The van der Waals surface area contributed by atoms with Gasteiger partial charge in [0, 0.05) is 5.70 Å². The van der Waals surface area contributed by atoms with Crippen molar-refractivity contribution in [3.8, 4) is 6.07 Å². The van der Waals surface area contributed by atoms with E-state index in [4.69, 9.17) is 16.7 Å². The van der Waals surface area contributed by atoms with Crippen LogP contribution in [0, 0.1) is 17.2 Å². The van der Waals surface area contributed by atoms with E-state index in [0.717, 1.165) is 0 Å². The molecule has 0 aliphatic rings. The molecule has 0 rings (SSSR count). The first-order valence-electron chi connectivity index (χ1n) is 3.67. The lowest BCUT2D eigenvalue weighted by molar-refractivity contribution is 0.637. The van der Waals surface area contributed by atoms with Crippen LogP contribution in [0.4, 0.5) is 0 Å². The maximum absolute atomic E-state index is 8.62. The highest BCUT2D eigenvalue weighted by Crippen LogP contribution is 2.09. The van der Waals surface area contributed by atoms with Crippen LogP contribution >= 0.6 is 12.2 Å². The van der Waals surface area contributed by atoms with Gasteiger partial charge in [0.2, 0.25) is 0 Å². The van der Waals surface area contributed by atoms with E-state index in [-0.39, 0.29) is 10.6 Å². The first-order chi connectivity index (χ1) is 5.49. The lowest BCUT2D eigenvalue weighted by Gasteiger charge is -2.06. The Bertz CT molecular complexity index is 248. The van der Waals surface area contributed by atoms with Gasteiger partial charge in [-0.05, 0) is 12.3 Å². The van der Waals surface area contributed by atoms with Crippen molar-refractivity contribution in [1.29, 1.82) is 5.26 Å². The number of nitrogens with two attached hydrogens (primary N) is 2. The lowest BCUT2D eigenvalue weighted by Crippen LogP contribution is -2.16. The quantitative estimate of drug-likeness (QED) is 0.389. The van der Waals surface area contributed by atoms with E-state index >= 15 is 0 Å². The Morgan fingerprint density at radius 1 is 1.50 bits per heavy atom. The summed E-state index contributed by atoms with van der Waals surface area (Å²) in [6.45, 7) is 4.03. The number of hydrogen-bond acceptors (Lipinski definition) is 3. The maximum Gasteiger partial charge on any atom is 0.116 e. The summed E-state index contributed by atoms with van der Waals surface area (Å²) >= 11 is 4.66. The molecule has 0 aliphatic carbocycles. The molecule has 0 heterocycles. The van der Waals surface area contributed by atoms with E-state index in [2.05, 4.69) is 12.2 Å². The molecule has 0 aromatic heterocycles.